The summed E-state index contributed by atoms with van der Waals surface area (Å²) in [5, 5.41) is 46.2. The Morgan fingerprint density at radius 2 is 1.89 bits per heavy atom. The number of primary amides is 1. The number of aliphatic hydroxyl groups excluding tert-OH is 2. The normalized spacial score (nSPS) is 25.5. The number of ketones is 2. The summed E-state index contributed by atoms with van der Waals surface area (Å²) >= 11 is 0. The highest BCUT2D eigenvalue weighted by Crippen LogP contribution is 2.52. The number of nitrogens with zero attached hydrogens (tertiary/aromatic N) is 1. The van der Waals surface area contributed by atoms with Gasteiger partial charge >= 0.3 is 0 Å². The molecule has 1 fully saturated rings. The molecule has 11 nitrogen and oxygen atoms in total. The Bertz CT molecular complexity index is 1280. The van der Waals surface area contributed by atoms with Crippen molar-refractivity contribution in [2.24, 2.45) is 17.6 Å². The number of halogens is 1. The number of aromatic hydroxyl groups is 1. The number of benzene rings is 1. The van der Waals surface area contributed by atoms with Crippen molar-refractivity contribution in [1.82, 2.24) is 10.2 Å². The highest BCUT2D eigenvalue weighted by Gasteiger charge is 2.60. The predicted octanol–water partition coefficient (Wildman–Crippen LogP) is -0.259. The molecule has 0 spiro atoms. The molecule has 0 aliphatic heterocycles. The summed E-state index contributed by atoms with van der Waals surface area (Å²) in [7, 11) is 3.36. The van der Waals surface area contributed by atoms with Crippen LogP contribution in [0.3, 0.4) is 0 Å². The topological polar surface area (TPSA) is 190 Å². The van der Waals surface area contributed by atoms with E-state index in [1.807, 2.05) is 0 Å². The van der Waals surface area contributed by atoms with E-state index in [9.17, 15) is 39.6 Å². The van der Waals surface area contributed by atoms with Crippen LogP contribution in [0.15, 0.2) is 23.0 Å². The van der Waals surface area contributed by atoms with Gasteiger partial charge in [-0.3, -0.25) is 19.2 Å². The molecule has 0 aromatic heterocycles. The molecule has 192 valence electrons. The average Bonchev–Trinajstić information content (AvgIpc) is 2.76. The minimum Gasteiger partial charge on any atom is -0.508 e. The van der Waals surface area contributed by atoms with E-state index in [1.54, 1.807) is 19.0 Å². The Hall–Kier alpha value is -3.77. The summed E-state index contributed by atoms with van der Waals surface area (Å²) in [6, 6.07) is 1.03. The Labute approximate surface area is 204 Å². The monoisotopic (exact) mass is 503 g/mol. The molecule has 1 aromatic rings. The van der Waals surface area contributed by atoms with E-state index < -0.39 is 75.9 Å². The highest BCUT2D eigenvalue weighted by molar-refractivity contribution is 6.22. The van der Waals surface area contributed by atoms with Crippen LogP contribution in [0.1, 0.15) is 29.5 Å². The number of nitrogens with one attached hydrogen (secondary N) is 1. The van der Waals surface area contributed by atoms with Crippen molar-refractivity contribution in [3.8, 4) is 5.75 Å². The SMILES string of the molecule is CN(C)CC(=O)NCc1cc(F)c2c(c1O)C(O)=C1C(=O)[C@]3(O)C(O)=C(C(N)=O)C(=O)C[C@@H]3CC1C2. The van der Waals surface area contributed by atoms with E-state index >= 15 is 4.39 Å². The minimum atomic E-state index is -2.69. The first-order valence-corrected chi connectivity index (χ1v) is 11.2. The van der Waals surface area contributed by atoms with Crippen LogP contribution >= 0.6 is 0 Å². The second-order valence-electron chi connectivity index (χ2n) is 9.64. The number of Topliss-reactive ketones (excluding diaryl/α,β-unsaturated/α-hetero) is 2. The van der Waals surface area contributed by atoms with Crippen LogP contribution in [0.4, 0.5) is 4.39 Å². The van der Waals surface area contributed by atoms with Crippen LogP contribution in [0.25, 0.3) is 5.76 Å². The summed E-state index contributed by atoms with van der Waals surface area (Å²) in [6.07, 6.45) is -0.687. The number of amides is 2. The van der Waals surface area contributed by atoms with Gasteiger partial charge in [0.05, 0.1) is 12.1 Å². The molecule has 3 aliphatic rings. The lowest BCUT2D eigenvalue weighted by Gasteiger charge is -2.46. The van der Waals surface area contributed by atoms with Gasteiger partial charge in [-0.25, -0.2) is 4.39 Å². The quantitative estimate of drug-likeness (QED) is 0.294. The van der Waals surface area contributed by atoms with Gasteiger partial charge in [0.2, 0.25) is 11.7 Å². The fourth-order valence-corrected chi connectivity index (χ4v) is 5.37. The molecule has 1 aromatic carbocycles. The van der Waals surface area contributed by atoms with Gasteiger partial charge in [-0.2, -0.15) is 0 Å². The molecule has 7 N–H and O–H groups in total. The Balaban J connectivity index is 1.79. The predicted molar refractivity (Wildman–Crippen MR) is 122 cm³/mol. The maximum atomic E-state index is 15.1. The van der Waals surface area contributed by atoms with Crippen LogP contribution in [-0.2, 0) is 32.1 Å². The molecule has 12 heteroatoms. The molecule has 1 unspecified atom stereocenters. The van der Waals surface area contributed by atoms with Crippen molar-refractivity contribution < 1.29 is 44.0 Å². The van der Waals surface area contributed by atoms with Crippen LogP contribution in [0.5, 0.6) is 5.75 Å². The van der Waals surface area contributed by atoms with E-state index in [0.717, 1.165) is 6.07 Å². The average molecular weight is 503 g/mol. The third-order valence-electron chi connectivity index (χ3n) is 7.02. The summed E-state index contributed by atoms with van der Waals surface area (Å²) in [4.78, 5) is 51.1. The van der Waals surface area contributed by atoms with Crippen molar-refractivity contribution >= 4 is 29.1 Å². The van der Waals surface area contributed by atoms with Crippen molar-refractivity contribution in [1.29, 1.82) is 0 Å². The van der Waals surface area contributed by atoms with E-state index in [4.69, 9.17) is 5.73 Å². The zero-order valence-electron chi connectivity index (χ0n) is 19.6. The van der Waals surface area contributed by atoms with Gasteiger partial charge in [0.15, 0.2) is 11.4 Å². The van der Waals surface area contributed by atoms with E-state index in [1.165, 1.54) is 0 Å². The Kier molecular flexibility index (Phi) is 6.13. The molecule has 2 amide bonds. The lowest BCUT2D eigenvalue weighted by atomic mass is 9.59. The van der Waals surface area contributed by atoms with Crippen molar-refractivity contribution in [2.45, 2.75) is 31.4 Å². The Morgan fingerprint density at radius 1 is 1.22 bits per heavy atom. The number of phenols is 1. The molecule has 0 saturated heterocycles. The largest absolute Gasteiger partial charge is 0.508 e. The third-order valence-corrected chi connectivity index (χ3v) is 7.02. The maximum absolute atomic E-state index is 15.1. The number of hydrogen-bond acceptors (Lipinski definition) is 9. The molecule has 4 rings (SSSR count). The number of rotatable bonds is 5. The number of carbonyl (C=O) groups is 4. The standard InChI is InChI=1S/C24H26FN3O8/c1-28(2)8-15(30)27-7-10-5-13(25)12-4-9-3-11-6-14(29)18(23(26)35)22(34)24(11,36)21(33)16(9)20(32)17(12)19(10)31/h5,9,11,31-32,34,36H,3-4,6-8H2,1-2H3,(H2,26,35)(H,27,30)/t9?,11-,24-/m0/s1. The van der Waals surface area contributed by atoms with Crippen LogP contribution in [0, 0.1) is 17.7 Å². The first-order chi connectivity index (χ1) is 16.8. The molecular weight excluding hydrogens is 477 g/mol. The number of hydrogen-bond donors (Lipinski definition) is 6. The number of phenolic OH excluding ortho intramolecular Hbond substituents is 1. The molecule has 3 atom stereocenters. The van der Waals surface area contributed by atoms with E-state index in [-0.39, 0.29) is 48.2 Å². The van der Waals surface area contributed by atoms with Crippen molar-refractivity contribution in [2.75, 3.05) is 20.6 Å². The fourth-order valence-electron chi connectivity index (χ4n) is 5.37. The second-order valence-corrected chi connectivity index (χ2v) is 9.64. The van der Waals surface area contributed by atoms with Gasteiger partial charge in [-0.15, -0.1) is 0 Å². The first kappa shape index (κ1) is 25.3. The van der Waals surface area contributed by atoms with Crippen LogP contribution < -0.4 is 11.1 Å². The number of nitrogens with two attached hydrogens (primary N) is 1. The summed E-state index contributed by atoms with van der Waals surface area (Å²) in [5.74, 6) is -8.98. The molecule has 36 heavy (non-hydrogen) atoms. The van der Waals surface area contributed by atoms with Gasteiger partial charge in [-0.05, 0) is 38.9 Å². The lowest BCUT2D eigenvalue weighted by Crippen LogP contribution is -2.58. The maximum Gasteiger partial charge on any atom is 0.255 e. The molecule has 3 aliphatic carbocycles. The van der Waals surface area contributed by atoms with Crippen LogP contribution in [-0.4, -0.2) is 74.9 Å². The van der Waals surface area contributed by atoms with Crippen LogP contribution in [0.2, 0.25) is 0 Å². The van der Waals surface area contributed by atoms with Gasteiger partial charge in [-0.1, -0.05) is 0 Å². The minimum absolute atomic E-state index is 0.0478. The highest BCUT2D eigenvalue weighted by atomic mass is 19.1. The van der Waals surface area contributed by atoms with Gasteiger partial charge < -0.3 is 36.4 Å². The number of aliphatic hydroxyl groups is 3. The van der Waals surface area contributed by atoms with E-state index in [0.29, 0.717) is 0 Å². The number of likely N-dealkylation sites (N-methyl/N-ethyl adjacent to an activating group) is 1. The first-order valence-electron chi connectivity index (χ1n) is 11.2. The second kappa shape index (κ2) is 8.71. The smallest absolute Gasteiger partial charge is 0.255 e. The molecule has 1 saturated carbocycles. The summed E-state index contributed by atoms with van der Waals surface area (Å²) in [6.45, 7) is -0.214. The van der Waals surface area contributed by atoms with Crippen molar-refractivity contribution in [3.05, 3.63) is 45.5 Å². The zero-order valence-corrected chi connectivity index (χ0v) is 19.6. The van der Waals surface area contributed by atoms with E-state index in [2.05, 4.69) is 5.32 Å². The fraction of sp³-hybridized carbons (Fsp3) is 0.417. The Morgan fingerprint density at radius 3 is 2.50 bits per heavy atom. The molecular formula is C24H26FN3O8. The third kappa shape index (κ3) is 3.73. The lowest BCUT2D eigenvalue weighted by molar-refractivity contribution is -0.147. The van der Waals surface area contributed by atoms with Gasteiger partial charge in [0, 0.05) is 35.6 Å². The van der Waals surface area contributed by atoms with Gasteiger partial charge in [0.25, 0.3) is 5.91 Å². The number of fused-ring (bicyclic) bond motifs is 3. The zero-order chi connectivity index (χ0) is 26.7. The van der Waals surface area contributed by atoms with Gasteiger partial charge in [0.1, 0.15) is 28.7 Å². The summed E-state index contributed by atoms with van der Waals surface area (Å²) in [5.41, 5.74) is 0.729. The van der Waals surface area contributed by atoms with Crippen molar-refractivity contribution in [3.63, 3.8) is 0 Å². The molecule has 0 bridgehead atoms. The number of carbonyl (C=O) groups excluding carboxylic acids is 4. The molecule has 0 radical (unpaired) electrons. The molecule has 0 heterocycles. The summed E-state index contributed by atoms with van der Waals surface area (Å²) < 4.78 is 15.1.